The molecule has 1 fully saturated rings. The van der Waals surface area contributed by atoms with Crippen molar-refractivity contribution >= 4 is 11.3 Å². The number of aromatic nitrogens is 3. The van der Waals surface area contributed by atoms with E-state index < -0.39 is 0 Å². The minimum Gasteiger partial charge on any atom is -0.490 e. The molecule has 0 spiro atoms. The van der Waals surface area contributed by atoms with Gasteiger partial charge < -0.3 is 15.2 Å². The lowest BCUT2D eigenvalue weighted by Gasteiger charge is -2.23. The first-order valence-corrected chi connectivity index (χ1v) is 10.8. The quantitative estimate of drug-likeness (QED) is 0.448. The molecule has 2 aromatic heterocycles. The van der Waals surface area contributed by atoms with E-state index in [0.29, 0.717) is 30.7 Å². The smallest absolute Gasteiger partial charge is 0.162 e. The average molecular weight is 415 g/mol. The van der Waals surface area contributed by atoms with E-state index in [1.165, 1.54) is 6.42 Å². The number of hydrogen-bond donors (Lipinski definition) is 1. The van der Waals surface area contributed by atoms with Crippen molar-refractivity contribution in [2.45, 2.75) is 38.7 Å². The van der Waals surface area contributed by atoms with E-state index in [9.17, 15) is 0 Å². The Morgan fingerprint density at radius 3 is 2.65 bits per heavy atom. The van der Waals surface area contributed by atoms with Gasteiger partial charge in [0.25, 0.3) is 0 Å². The van der Waals surface area contributed by atoms with Crippen molar-refractivity contribution in [3.63, 3.8) is 0 Å². The molecule has 4 aromatic rings. The van der Waals surface area contributed by atoms with Crippen molar-refractivity contribution in [2.24, 2.45) is 0 Å². The van der Waals surface area contributed by atoms with Crippen LogP contribution in [-0.2, 0) is 6.61 Å². The summed E-state index contributed by atoms with van der Waals surface area (Å²) >= 11 is 0. The Bertz CT molecular complexity index is 1200. The van der Waals surface area contributed by atoms with Gasteiger partial charge in [0.1, 0.15) is 29.5 Å². The molecule has 1 aliphatic carbocycles. The van der Waals surface area contributed by atoms with Gasteiger partial charge in [0.15, 0.2) is 11.5 Å². The minimum atomic E-state index is 0.464. The number of nitrogens with zero attached hydrogens (tertiary/aromatic N) is 3. The lowest BCUT2D eigenvalue weighted by molar-refractivity contribution is 0.269. The zero-order chi connectivity index (χ0) is 21.2. The van der Waals surface area contributed by atoms with Crippen LogP contribution in [0.3, 0.4) is 0 Å². The number of anilines is 1. The fourth-order valence-electron chi connectivity index (χ4n) is 4.02. The highest BCUT2D eigenvalue weighted by Gasteiger charge is 2.27. The first-order chi connectivity index (χ1) is 15.2. The molecule has 31 heavy (non-hydrogen) atoms. The Kier molecular flexibility index (Phi) is 5.20. The van der Waals surface area contributed by atoms with Gasteiger partial charge in [0.2, 0.25) is 0 Å². The van der Waals surface area contributed by atoms with Gasteiger partial charge in [0.05, 0.1) is 6.61 Å². The van der Waals surface area contributed by atoms with Crippen LogP contribution in [0.25, 0.3) is 16.8 Å². The second kappa shape index (κ2) is 8.30. The summed E-state index contributed by atoms with van der Waals surface area (Å²) in [6, 6.07) is 16.1. The summed E-state index contributed by atoms with van der Waals surface area (Å²) in [7, 11) is 0. The van der Waals surface area contributed by atoms with E-state index in [-0.39, 0.29) is 0 Å². The van der Waals surface area contributed by atoms with Crippen LogP contribution in [-0.4, -0.2) is 21.0 Å². The monoisotopic (exact) mass is 414 g/mol. The van der Waals surface area contributed by atoms with Gasteiger partial charge in [-0.3, -0.25) is 4.40 Å². The molecule has 2 heterocycles. The SMILES string of the molecule is CCOc1ccc(-c2nc(C3CCC3)n3ccnc(N)c23)cc1OCc1ccccc1. The minimum absolute atomic E-state index is 0.464. The van der Waals surface area contributed by atoms with E-state index in [1.54, 1.807) is 6.20 Å². The maximum atomic E-state index is 6.29. The third kappa shape index (κ3) is 3.69. The van der Waals surface area contributed by atoms with E-state index in [4.69, 9.17) is 20.2 Å². The Morgan fingerprint density at radius 2 is 1.90 bits per heavy atom. The molecule has 0 aliphatic heterocycles. The maximum absolute atomic E-state index is 6.29. The van der Waals surface area contributed by atoms with Crippen molar-refractivity contribution in [1.82, 2.24) is 14.4 Å². The summed E-state index contributed by atoms with van der Waals surface area (Å²) < 4.78 is 14.1. The van der Waals surface area contributed by atoms with Gasteiger partial charge >= 0.3 is 0 Å². The molecule has 1 saturated carbocycles. The Morgan fingerprint density at radius 1 is 1.06 bits per heavy atom. The van der Waals surface area contributed by atoms with Crippen molar-refractivity contribution in [3.8, 4) is 22.8 Å². The largest absolute Gasteiger partial charge is 0.490 e. The van der Waals surface area contributed by atoms with E-state index >= 15 is 0 Å². The van der Waals surface area contributed by atoms with Gasteiger partial charge in [-0.1, -0.05) is 36.8 Å². The summed E-state index contributed by atoms with van der Waals surface area (Å²) in [6.45, 7) is 3.00. The number of nitrogens with two attached hydrogens (primary N) is 1. The average Bonchev–Trinajstić information content (AvgIpc) is 3.13. The van der Waals surface area contributed by atoms with Crippen LogP contribution >= 0.6 is 0 Å². The predicted molar refractivity (Wildman–Crippen MR) is 121 cm³/mol. The van der Waals surface area contributed by atoms with E-state index in [0.717, 1.165) is 46.8 Å². The molecule has 158 valence electrons. The van der Waals surface area contributed by atoms with Crippen LogP contribution in [0.2, 0.25) is 0 Å². The second-order valence-electron chi connectivity index (χ2n) is 7.85. The number of fused-ring (bicyclic) bond motifs is 1. The normalized spacial score (nSPS) is 13.8. The first kappa shape index (κ1) is 19.4. The van der Waals surface area contributed by atoms with Gasteiger partial charge in [-0.05, 0) is 43.5 Å². The van der Waals surface area contributed by atoms with Crippen LogP contribution in [0.1, 0.15) is 43.5 Å². The Hall–Kier alpha value is -3.54. The molecule has 5 rings (SSSR count). The lowest BCUT2D eigenvalue weighted by Crippen LogP contribution is -2.12. The van der Waals surface area contributed by atoms with Crippen molar-refractivity contribution in [3.05, 3.63) is 72.3 Å². The molecular weight excluding hydrogens is 388 g/mol. The number of rotatable bonds is 7. The van der Waals surface area contributed by atoms with E-state index in [1.807, 2.05) is 61.7 Å². The van der Waals surface area contributed by atoms with Crippen molar-refractivity contribution in [2.75, 3.05) is 12.3 Å². The standard InChI is InChI=1S/C25H26N4O2/c1-2-30-20-12-11-19(15-21(20)31-16-17-7-4-3-5-8-17)22-23-24(26)27-13-14-29(23)25(28-22)18-9-6-10-18/h3-5,7-8,11-15,18H,2,6,9-10,16H2,1H3,(H2,26,27). The van der Waals surface area contributed by atoms with E-state index in [2.05, 4.69) is 9.38 Å². The fraction of sp³-hybridized carbons (Fsp3) is 0.280. The predicted octanol–water partition coefficient (Wildman–Crippen LogP) is 5.22. The maximum Gasteiger partial charge on any atom is 0.162 e. The molecule has 2 aromatic carbocycles. The molecule has 0 atom stereocenters. The summed E-state index contributed by atoms with van der Waals surface area (Å²) in [5.41, 5.74) is 10.0. The van der Waals surface area contributed by atoms with Crippen molar-refractivity contribution < 1.29 is 9.47 Å². The topological polar surface area (TPSA) is 74.7 Å². The van der Waals surface area contributed by atoms with Gasteiger partial charge in [-0.25, -0.2) is 9.97 Å². The molecule has 0 amide bonds. The molecule has 1 aliphatic rings. The third-order valence-electron chi connectivity index (χ3n) is 5.83. The van der Waals surface area contributed by atoms with Crippen LogP contribution in [0.15, 0.2) is 60.9 Å². The summed E-state index contributed by atoms with van der Waals surface area (Å²) in [5, 5.41) is 0. The highest BCUT2D eigenvalue weighted by Crippen LogP contribution is 2.40. The molecule has 6 heteroatoms. The summed E-state index contributed by atoms with van der Waals surface area (Å²) in [4.78, 5) is 9.34. The zero-order valence-electron chi connectivity index (χ0n) is 17.6. The van der Waals surface area contributed by atoms with Crippen LogP contribution in [0.5, 0.6) is 11.5 Å². The molecule has 0 unspecified atom stereocenters. The zero-order valence-corrected chi connectivity index (χ0v) is 17.6. The molecule has 0 bridgehead atoms. The lowest BCUT2D eigenvalue weighted by atomic mass is 9.85. The van der Waals surface area contributed by atoms with Crippen molar-refractivity contribution in [1.29, 1.82) is 0 Å². The molecule has 0 saturated heterocycles. The second-order valence-corrected chi connectivity index (χ2v) is 7.85. The number of hydrogen-bond acceptors (Lipinski definition) is 5. The van der Waals surface area contributed by atoms with Gasteiger partial charge in [-0.2, -0.15) is 0 Å². The highest BCUT2D eigenvalue weighted by molar-refractivity contribution is 5.86. The van der Waals surface area contributed by atoms with Crippen LogP contribution in [0.4, 0.5) is 5.82 Å². The number of ether oxygens (including phenoxy) is 2. The number of nitrogen functional groups attached to an aromatic ring is 1. The van der Waals surface area contributed by atoms with Gasteiger partial charge in [0, 0.05) is 23.9 Å². The summed E-state index contributed by atoms with van der Waals surface area (Å²) in [5.74, 6) is 3.43. The van der Waals surface area contributed by atoms with Gasteiger partial charge in [-0.15, -0.1) is 0 Å². The fourth-order valence-corrected chi connectivity index (χ4v) is 4.02. The molecule has 2 N–H and O–H groups in total. The highest BCUT2D eigenvalue weighted by atomic mass is 16.5. The first-order valence-electron chi connectivity index (χ1n) is 10.8. The third-order valence-corrected chi connectivity index (χ3v) is 5.83. The molecule has 6 nitrogen and oxygen atoms in total. The summed E-state index contributed by atoms with van der Waals surface area (Å²) in [6.07, 6.45) is 7.26. The van der Waals surface area contributed by atoms with Crippen LogP contribution in [0, 0.1) is 0 Å². The molecule has 0 radical (unpaired) electrons. The number of imidazole rings is 1. The Balaban J connectivity index is 1.56. The molecular formula is C25H26N4O2. The Labute approximate surface area is 181 Å². The van der Waals surface area contributed by atoms with Crippen LogP contribution < -0.4 is 15.2 Å². The number of benzene rings is 2.